The molecule has 0 radical (unpaired) electrons. The molecule has 0 aromatic carbocycles. The number of nitrogens with one attached hydrogen (secondary N) is 1. The molecular formula is C11H11N5O4. The molecule has 9 heteroatoms. The summed E-state index contributed by atoms with van der Waals surface area (Å²) in [6, 6.07) is 0.973. The van der Waals surface area contributed by atoms with Gasteiger partial charge in [-0.3, -0.25) is 14.8 Å². The SMILES string of the molecule is Cn1cc(CNc2ncc([N+](=O)[O-])cc2C(=O)O)cn1. The molecule has 0 saturated carbocycles. The zero-order valence-electron chi connectivity index (χ0n) is 10.5. The number of carboxylic acids is 1. The lowest BCUT2D eigenvalue weighted by molar-refractivity contribution is -0.385. The lowest BCUT2D eigenvalue weighted by Crippen LogP contribution is -2.09. The number of nitro groups is 1. The molecule has 0 atom stereocenters. The minimum atomic E-state index is -1.28. The van der Waals surface area contributed by atoms with Gasteiger partial charge in [-0.05, 0) is 0 Å². The number of pyridine rings is 1. The summed E-state index contributed by atoms with van der Waals surface area (Å²) in [4.78, 5) is 24.8. The van der Waals surface area contributed by atoms with Crippen LogP contribution in [0.5, 0.6) is 0 Å². The second-order valence-electron chi connectivity index (χ2n) is 4.03. The number of aromatic nitrogens is 3. The second-order valence-corrected chi connectivity index (χ2v) is 4.03. The van der Waals surface area contributed by atoms with Crippen LogP contribution in [0, 0.1) is 10.1 Å². The summed E-state index contributed by atoms with van der Waals surface area (Å²) < 4.78 is 1.61. The molecule has 20 heavy (non-hydrogen) atoms. The molecule has 2 heterocycles. The van der Waals surface area contributed by atoms with E-state index in [0.29, 0.717) is 6.54 Å². The molecular weight excluding hydrogens is 266 g/mol. The molecule has 0 aliphatic heterocycles. The van der Waals surface area contributed by atoms with E-state index in [1.54, 1.807) is 24.1 Å². The van der Waals surface area contributed by atoms with E-state index in [1.807, 2.05) is 0 Å². The Labute approximate surface area is 113 Å². The molecule has 104 valence electrons. The molecule has 0 unspecified atom stereocenters. The Morgan fingerprint density at radius 2 is 2.30 bits per heavy atom. The Morgan fingerprint density at radius 3 is 2.85 bits per heavy atom. The topological polar surface area (TPSA) is 123 Å². The first-order valence-electron chi connectivity index (χ1n) is 5.56. The number of anilines is 1. The third-order valence-electron chi connectivity index (χ3n) is 2.53. The van der Waals surface area contributed by atoms with Crippen molar-refractivity contribution in [1.29, 1.82) is 0 Å². The number of hydrogen-bond acceptors (Lipinski definition) is 6. The van der Waals surface area contributed by atoms with Crippen molar-refractivity contribution in [3.63, 3.8) is 0 Å². The first-order chi connectivity index (χ1) is 9.47. The van der Waals surface area contributed by atoms with Crippen LogP contribution in [0.25, 0.3) is 0 Å². The maximum absolute atomic E-state index is 11.1. The molecule has 0 aliphatic carbocycles. The first-order valence-corrected chi connectivity index (χ1v) is 5.56. The van der Waals surface area contributed by atoms with Crippen LogP contribution >= 0.6 is 0 Å². The van der Waals surface area contributed by atoms with Crippen molar-refractivity contribution < 1.29 is 14.8 Å². The van der Waals surface area contributed by atoms with E-state index in [4.69, 9.17) is 5.11 Å². The molecule has 0 bridgehead atoms. The normalized spacial score (nSPS) is 10.2. The molecule has 0 fully saturated rings. The summed E-state index contributed by atoms with van der Waals surface area (Å²) in [5.41, 5.74) is 0.224. The van der Waals surface area contributed by atoms with Gasteiger partial charge in [0.15, 0.2) is 0 Å². The highest BCUT2D eigenvalue weighted by Crippen LogP contribution is 2.19. The summed E-state index contributed by atoms with van der Waals surface area (Å²) in [5.74, 6) is -1.21. The fourth-order valence-corrected chi connectivity index (χ4v) is 1.61. The van der Waals surface area contributed by atoms with E-state index in [-0.39, 0.29) is 17.1 Å². The Balaban J connectivity index is 2.22. The van der Waals surface area contributed by atoms with Gasteiger partial charge in [0.1, 0.15) is 17.6 Å². The Kier molecular flexibility index (Phi) is 3.60. The fraction of sp³-hybridized carbons (Fsp3) is 0.182. The molecule has 0 aliphatic rings. The van der Waals surface area contributed by atoms with Crippen molar-refractivity contribution in [3.05, 3.63) is 45.9 Å². The van der Waals surface area contributed by atoms with Crippen molar-refractivity contribution in [3.8, 4) is 0 Å². The van der Waals surface area contributed by atoms with E-state index in [1.165, 1.54) is 0 Å². The minimum absolute atomic E-state index is 0.0759. The third kappa shape index (κ3) is 2.88. The van der Waals surface area contributed by atoms with Crippen molar-refractivity contribution in [2.24, 2.45) is 7.05 Å². The predicted octanol–water partition coefficient (Wildman–Crippen LogP) is 1.03. The van der Waals surface area contributed by atoms with Crippen molar-refractivity contribution in [1.82, 2.24) is 14.8 Å². The largest absolute Gasteiger partial charge is 0.478 e. The highest BCUT2D eigenvalue weighted by Gasteiger charge is 2.17. The summed E-state index contributed by atoms with van der Waals surface area (Å²) in [6.45, 7) is 0.318. The molecule has 2 rings (SSSR count). The Morgan fingerprint density at radius 1 is 1.55 bits per heavy atom. The van der Waals surface area contributed by atoms with Gasteiger partial charge in [0.2, 0.25) is 0 Å². The average Bonchev–Trinajstić information content (AvgIpc) is 2.81. The number of nitrogens with zero attached hydrogens (tertiary/aromatic N) is 4. The molecule has 0 amide bonds. The van der Waals surface area contributed by atoms with Crippen LogP contribution in [0.1, 0.15) is 15.9 Å². The van der Waals surface area contributed by atoms with Gasteiger partial charge < -0.3 is 10.4 Å². The number of aromatic carboxylic acids is 1. The number of hydrogen-bond donors (Lipinski definition) is 2. The van der Waals surface area contributed by atoms with Gasteiger partial charge in [-0.2, -0.15) is 5.10 Å². The maximum Gasteiger partial charge on any atom is 0.339 e. The predicted molar refractivity (Wildman–Crippen MR) is 68.4 cm³/mol. The summed E-state index contributed by atoms with van der Waals surface area (Å²) >= 11 is 0. The Bertz CT molecular complexity index is 667. The number of rotatable bonds is 5. The van der Waals surface area contributed by atoms with Crippen LogP contribution in [0.3, 0.4) is 0 Å². The zero-order chi connectivity index (χ0) is 14.7. The molecule has 2 aromatic heterocycles. The van der Waals surface area contributed by atoms with E-state index in [2.05, 4.69) is 15.4 Å². The monoisotopic (exact) mass is 277 g/mol. The van der Waals surface area contributed by atoms with E-state index < -0.39 is 10.9 Å². The van der Waals surface area contributed by atoms with Gasteiger partial charge in [0.05, 0.1) is 11.1 Å². The maximum atomic E-state index is 11.1. The average molecular weight is 277 g/mol. The summed E-state index contributed by atoms with van der Waals surface area (Å²) in [6.07, 6.45) is 4.40. The summed E-state index contributed by atoms with van der Waals surface area (Å²) in [7, 11) is 1.76. The van der Waals surface area contributed by atoms with Gasteiger partial charge in [-0.25, -0.2) is 9.78 Å². The van der Waals surface area contributed by atoms with Gasteiger partial charge in [0, 0.05) is 31.4 Å². The van der Waals surface area contributed by atoms with Crippen LogP contribution in [0.2, 0.25) is 0 Å². The highest BCUT2D eigenvalue weighted by atomic mass is 16.6. The third-order valence-corrected chi connectivity index (χ3v) is 2.53. The van der Waals surface area contributed by atoms with E-state index in [9.17, 15) is 14.9 Å². The number of carbonyl (C=O) groups is 1. The minimum Gasteiger partial charge on any atom is -0.478 e. The fourth-order valence-electron chi connectivity index (χ4n) is 1.61. The molecule has 0 spiro atoms. The quantitative estimate of drug-likeness (QED) is 0.618. The zero-order valence-corrected chi connectivity index (χ0v) is 10.5. The van der Waals surface area contributed by atoms with Gasteiger partial charge in [-0.15, -0.1) is 0 Å². The molecule has 9 nitrogen and oxygen atoms in total. The lowest BCUT2D eigenvalue weighted by atomic mass is 10.2. The smallest absolute Gasteiger partial charge is 0.339 e. The summed E-state index contributed by atoms with van der Waals surface area (Å²) in [5, 5.41) is 26.5. The second kappa shape index (κ2) is 5.34. The molecule has 2 N–H and O–H groups in total. The molecule has 0 saturated heterocycles. The van der Waals surface area contributed by atoms with E-state index >= 15 is 0 Å². The van der Waals surface area contributed by atoms with Crippen LogP contribution in [-0.2, 0) is 13.6 Å². The van der Waals surface area contributed by atoms with Crippen molar-refractivity contribution in [2.75, 3.05) is 5.32 Å². The van der Waals surface area contributed by atoms with Gasteiger partial charge >= 0.3 is 5.97 Å². The van der Waals surface area contributed by atoms with Crippen LogP contribution in [-0.4, -0.2) is 30.8 Å². The number of carboxylic acid groups (broad SMARTS) is 1. The Hall–Kier alpha value is -2.97. The van der Waals surface area contributed by atoms with Gasteiger partial charge in [-0.1, -0.05) is 0 Å². The van der Waals surface area contributed by atoms with Crippen LogP contribution < -0.4 is 5.32 Å². The van der Waals surface area contributed by atoms with Crippen LogP contribution in [0.15, 0.2) is 24.7 Å². The van der Waals surface area contributed by atoms with Crippen molar-refractivity contribution >= 4 is 17.5 Å². The first kappa shape index (κ1) is 13.5. The molecule has 2 aromatic rings. The lowest BCUT2D eigenvalue weighted by Gasteiger charge is -2.06. The number of aryl methyl sites for hydroxylation is 1. The van der Waals surface area contributed by atoms with Gasteiger partial charge in [0.25, 0.3) is 5.69 Å². The standard InChI is InChI=1S/C11H11N5O4/c1-15-6-7(4-14-15)3-12-10-9(11(17)18)2-8(5-13-10)16(19)20/h2,4-6H,3H2,1H3,(H,12,13)(H,17,18). The van der Waals surface area contributed by atoms with Crippen LogP contribution in [0.4, 0.5) is 11.5 Å². The highest BCUT2D eigenvalue weighted by molar-refractivity contribution is 5.93. The van der Waals surface area contributed by atoms with Crippen molar-refractivity contribution in [2.45, 2.75) is 6.54 Å². The van der Waals surface area contributed by atoms with E-state index in [0.717, 1.165) is 17.8 Å².